The minimum atomic E-state index is -0.161. The van der Waals surface area contributed by atoms with Crippen molar-refractivity contribution < 1.29 is 10.2 Å². The van der Waals surface area contributed by atoms with Gasteiger partial charge in [-0.2, -0.15) is 0 Å². The first-order chi connectivity index (χ1) is 16.7. The number of aromatic hydroxyl groups is 2. The zero-order valence-corrected chi connectivity index (χ0v) is 25.4. The Kier molecular flexibility index (Phi) is 9.11. The molecule has 37 heavy (non-hydrogen) atoms. The molecule has 2 N–H and O–H groups in total. The van der Waals surface area contributed by atoms with Gasteiger partial charge in [-0.3, -0.25) is 9.98 Å². The van der Waals surface area contributed by atoms with E-state index in [1.165, 1.54) is 11.1 Å². The van der Waals surface area contributed by atoms with Gasteiger partial charge in [0.15, 0.2) is 0 Å². The molecule has 4 heteroatoms. The summed E-state index contributed by atoms with van der Waals surface area (Å²) in [4.78, 5) is 9.19. The second kappa shape index (κ2) is 11.0. The minimum Gasteiger partial charge on any atom is -0.507 e. The van der Waals surface area contributed by atoms with E-state index in [-0.39, 0.29) is 21.7 Å². The highest BCUT2D eigenvalue weighted by molar-refractivity contribution is 5.85. The molecule has 0 spiro atoms. The van der Waals surface area contributed by atoms with Gasteiger partial charge in [0.1, 0.15) is 11.5 Å². The van der Waals surface area contributed by atoms with Crippen molar-refractivity contribution in [3.63, 3.8) is 0 Å². The Morgan fingerprint density at radius 3 is 1.14 bits per heavy atom. The monoisotopic (exact) mass is 506 g/mol. The van der Waals surface area contributed by atoms with Gasteiger partial charge >= 0.3 is 0 Å². The number of hydrogen-bond donors (Lipinski definition) is 2. The molecular formula is C33H50N2O2. The van der Waals surface area contributed by atoms with Gasteiger partial charge in [0.2, 0.25) is 0 Å². The van der Waals surface area contributed by atoms with E-state index in [1.54, 1.807) is 12.4 Å². The molecule has 0 fully saturated rings. The van der Waals surface area contributed by atoms with Gasteiger partial charge in [-0.15, -0.1) is 0 Å². The molecule has 0 aliphatic heterocycles. The maximum atomic E-state index is 10.9. The minimum absolute atomic E-state index is 0.0201. The van der Waals surface area contributed by atoms with E-state index in [4.69, 9.17) is 0 Å². The first-order valence-electron chi connectivity index (χ1n) is 13.5. The maximum Gasteiger partial charge on any atom is 0.128 e. The largest absolute Gasteiger partial charge is 0.507 e. The molecule has 0 saturated carbocycles. The van der Waals surface area contributed by atoms with Crippen LogP contribution in [0.2, 0.25) is 0 Å². The lowest BCUT2D eigenvalue weighted by Crippen LogP contribution is -2.17. The predicted octanol–water partition coefficient (Wildman–Crippen LogP) is 8.22. The fraction of sp³-hybridized carbons (Fsp3) is 0.576. The van der Waals surface area contributed by atoms with Gasteiger partial charge < -0.3 is 10.2 Å². The number of hydrogen-bond acceptors (Lipinski definition) is 4. The number of rotatable bonds is 6. The number of phenols is 2. The van der Waals surface area contributed by atoms with Crippen molar-refractivity contribution in [2.75, 3.05) is 13.1 Å². The van der Waals surface area contributed by atoms with Crippen LogP contribution in [0.4, 0.5) is 0 Å². The Morgan fingerprint density at radius 1 is 0.541 bits per heavy atom. The van der Waals surface area contributed by atoms with Crippen molar-refractivity contribution in [1.29, 1.82) is 0 Å². The zero-order valence-electron chi connectivity index (χ0n) is 25.4. The lowest BCUT2D eigenvalue weighted by Gasteiger charge is -2.27. The van der Waals surface area contributed by atoms with Crippen LogP contribution in [0, 0.1) is 0 Å². The summed E-state index contributed by atoms with van der Waals surface area (Å²) < 4.78 is 0. The van der Waals surface area contributed by atoms with E-state index < -0.39 is 0 Å². The van der Waals surface area contributed by atoms with Gasteiger partial charge in [0.05, 0.1) is 0 Å². The Labute approximate surface area is 226 Å². The van der Waals surface area contributed by atoms with Gasteiger partial charge in [-0.25, -0.2) is 0 Å². The van der Waals surface area contributed by atoms with Crippen LogP contribution in [-0.4, -0.2) is 35.7 Å². The van der Waals surface area contributed by atoms with E-state index in [0.29, 0.717) is 24.6 Å². The lowest BCUT2D eigenvalue weighted by atomic mass is 9.79. The van der Waals surface area contributed by atoms with Crippen LogP contribution < -0.4 is 0 Å². The van der Waals surface area contributed by atoms with Gasteiger partial charge in [0, 0.05) is 47.8 Å². The molecule has 0 radical (unpaired) electrons. The summed E-state index contributed by atoms with van der Waals surface area (Å²) in [7, 11) is 0. The molecule has 0 heterocycles. The summed E-state index contributed by atoms with van der Waals surface area (Å²) in [5.41, 5.74) is 5.43. The highest BCUT2D eigenvalue weighted by Gasteiger charge is 2.25. The summed E-state index contributed by atoms with van der Waals surface area (Å²) in [5, 5.41) is 21.9. The van der Waals surface area contributed by atoms with Crippen LogP contribution in [0.1, 0.15) is 123 Å². The molecule has 2 aromatic rings. The summed E-state index contributed by atoms with van der Waals surface area (Å²) in [6.45, 7) is 27.0. The molecule has 4 nitrogen and oxygen atoms in total. The third-order valence-corrected chi connectivity index (χ3v) is 6.66. The first-order valence-corrected chi connectivity index (χ1v) is 13.5. The average molecular weight is 507 g/mol. The Morgan fingerprint density at radius 2 is 0.865 bits per heavy atom. The van der Waals surface area contributed by atoms with E-state index in [1.807, 2.05) is 12.1 Å². The molecule has 0 amide bonds. The molecule has 204 valence electrons. The maximum absolute atomic E-state index is 10.9. The summed E-state index contributed by atoms with van der Waals surface area (Å²) in [6, 6.07) is 8.33. The van der Waals surface area contributed by atoms with Crippen LogP contribution in [0.25, 0.3) is 0 Å². The lowest BCUT2D eigenvalue weighted by molar-refractivity contribution is 0.443. The Balaban J connectivity index is 2.16. The van der Waals surface area contributed by atoms with Crippen molar-refractivity contribution in [1.82, 2.24) is 0 Å². The van der Waals surface area contributed by atoms with E-state index in [9.17, 15) is 10.2 Å². The molecule has 0 bridgehead atoms. The number of benzene rings is 2. The van der Waals surface area contributed by atoms with Crippen LogP contribution in [0.5, 0.6) is 11.5 Å². The molecule has 2 aromatic carbocycles. The summed E-state index contributed by atoms with van der Waals surface area (Å²) >= 11 is 0. The van der Waals surface area contributed by atoms with Crippen molar-refractivity contribution >= 4 is 12.4 Å². The highest BCUT2D eigenvalue weighted by Crippen LogP contribution is 2.38. The van der Waals surface area contributed by atoms with Crippen LogP contribution in [0.15, 0.2) is 34.3 Å². The zero-order chi connectivity index (χ0) is 28.4. The van der Waals surface area contributed by atoms with Crippen LogP contribution in [-0.2, 0) is 21.7 Å². The molecule has 0 unspecified atom stereocenters. The molecule has 0 saturated heterocycles. The second-order valence-corrected chi connectivity index (χ2v) is 14.3. The van der Waals surface area contributed by atoms with Gasteiger partial charge in [-0.05, 0) is 51.3 Å². The second-order valence-electron chi connectivity index (χ2n) is 14.3. The normalized spacial score (nSPS) is 13.7. The van der Waals surface area contributed by atoms with Crippen LogP contribution in [0.3, 0.4) is 0 Å². The van der Waals surface area contributed by atoms with Gasteiger partial charge in [0.25, 0.3) is 0 Å². The topological polar surface area (TPSA) is 65.2 Å². The molecule has 0 aliphatic rings. The first kappa shape index (κ1) is 30.6. The molecule has 0 aromatic heterocycles. The van der Waals surface area contributed by atoms with Gasteiger partial charge in [-0.1, -0.05) is 95.2 Å². The molecule has 2 rings (SSSR count). The molecule has 0 atom stereocenters. The van der Waals surface area contributed by atoms with Crippen LogP contribution >= 0.6 is 0 Å². The van der Waals surface area contributed by atoms with E-state index >= 15 is 0 Å². The smallest absolute Gasteiger partial charge is 0.128 e. The third-order valence-electron chi connectivity index (χ3n) is 6.66. The third kappa shape index (κ3) is 8.18. The van der Waals surface area contributed by atoms with Crippen molar-refractivity contribution in [3.05, 3.63) is 57.6 Å². The quantitative estimate of drug-likeness (QED) is 0.306. The molecular weight excluding hydrogens is 456 g/mol. The number of nitrogens with zero attached hydrogens (tertiary/aromatic N) is 2. The fourth-order valence-corrected chi connectivity index (χ4v) is 4.10. The number of phenolic OH excluding ortho intramolecular Hbond substituents is 2. The Bertz CT molecular complexity index is 1050. The highest BCUT2D eigenvalue weighted by atomic mass is 16.3. The standard InChI is InChI=1S/C33H50N2O2/c1-30(2,3)24-16-22(28(36)26(18-24)32(7,8)9)20-34-14-13-15-35-21-23-17-25(31(4,5)6)19-27(29(23)37)33(10,11)12/h16-21,36-37H,13-15H2,1-12H3/b34-20-,35-21-. The van der Waals surface area contributed by atoms with Crippen molar-refractivity contribution in [3.8, 4) is 11.5 Å². The average Bonchev–Trinajstić information content (AvgIpc) is 2.71. The SMILES string of the molecule is CC(C)(C)c1cc(/C=N\CCC/N=C\c2cc(C(C)(C)C)cc(C(C)(C)C)c2O)c(O)c(C(C)(C)C)c1. The fourth-order valence-electron chi connectivity index (χ4n) is 4.10. The van der Waals surface area contributed by atoms with Crippen molar-refractivity contribution in [2.45, 2.75) is 111 Å². The summed E-state index contributed by atoms with van der Waals surface area (Å²) in [5.74, 6) is 0.622. The molecule has 0 aliphatic carbocycles. The number of aliphatic imine (C=N–C) groups is 2. The van der Waals surface area contributed by atoms with Crippen molar-refractivity contribution in [2.24, 2.45) is 9.98 Å². The Hall–Kier alpha value is -2.62. The van der Waals surface area contributed by atoms with E-state index in [2.05, 4.69) is 105 Å². The summed E-state index contributed by atoms with van der Waals surface area (Å²) in [6.07, 6.45) is 4.36. The predicted molar refractivity (Wildman–Crippen MR) is 161 cm³/mol. The van der Waals surface area contributed by atoms with E-state index in [0.717, 1.165) is 28.7 Å².